The molecule has 1 heterocycles. The van der Waals surface area contributed by atoms with Gasteiger partial charge in [-0.25, -0.2) is 0 Å². The minimum Gasteiger partial charge on any atom is -0.330 e. The summed E-state index contributed by atoms with van der Waals surface area (Å²) in [6, 6.07) is 6.41. The predicted octanol–water partition coefficient (Wildman–Crippen LogP) is 6.15. The van der Waals surface area contributed by atoms with Gasteiger partial charge in [-0.15, -0.1) is 0 Å². The summed E-state index contributed by atoms with van der Waals surface area (Å²) < 4.78 is 3.12. The second-order valence-corrected chi connectivity index (χ2v) is 6.41. The van der Waals surface area contributed by atoms with Gasteiger partial charge in [-0.2, -0.15) is 0 Å². The Morgan fingerprint density at radius 1 is 1.00 bits per heavy atom. The molecule has 1 N–H and O–H groups in total. The summed E-state index contributed by atoms with van der Waals surface area (Å²) in [4.78, 5) is 3.35. The van der Waals surface area contributed by atoms with E-state index in [0.29, 0.717) is 0 Å². The molecular formula is C18H28N2S. The number of para-hydroxylation sites is 1. The molecule has 0 amide bonds. The molecule has 0 spiro atoms. The molecule has 21 heavy (non-hydrogen) atoms. The minimum absolute atomic E-state index is 0.863. The highest BCUT2D eigenvalue weighted by molar-refractivity contribution is 7.71. The van der Waals surface area contributed by atoms with Gasteiger partial charge in [0.15, 0.2) is 4.77 Å². The molecule has 0 radical (unpaired) electrons. The van der Waals surface area contributed by atoms with Crippen LogP contribution in [0, 0.1) is 11.7 Å². The molecule has 0 fully saturated rings. The monoisotopic (exact) mass is 304 g/mol. The lowest BCUT2D eigenvalue weighted by molar-refractivity contribution is 0.546. The van der Waals surface area contributed by atoms with Crippen LogP contribution in [-0.2, 0) is 6.54 Å². The van der Waals surface area contributed by atoms with E-state index in [1.165, 1.54) is 68.0 Å². The number of hydrogen-bond donors (Lipinski definition) is 1. The zero-order chi connectivity index (χ0) is 15.1. The van der Waals surface area contributed by atoms with Gasteiger partial charge in [-0.3, -0.25) is 0 Å². The molecule has 2 aromatic rings. The van der Waals surface area contributed by atoms with E-state index >= 15 is 0 Å². The molecule has 1 aromatic carbocycles. The maximum atomic E-state index is 5.47. The number of unbranched alkanes of at least 4 members (excludes halogenated alkanes) is 7. The number of imidazole rings is 1. The Kier molecular flexibility index (Phi) is 6.50. The van der Waals surface area contributed by atoms with Crippen molar-refractivity contribution in [1.29, 1.82) is 0 Å². The van der Waals surface area contributed by atoms with Crippen molar-refractivity contribution in [3.05, 3.63) is 28.5 Å². The number of rotatable bonds is 9. The molecule has 1 aromatic heterocycles. The number of aryl methyl sites for hydroxylation is 2. The third kappa shape index (κ3) is 4.44. The van der Waals surface area contributed by atoms with E-state index in [4.69, 9.17) is 12.2 Å². The topological polar surface area (TPSA) is 20.7 Å². The molecule has 0 unspecified atom stereocenters. The van der Waals surface area contributed by atoms with Crippen molar-refractivity contribution in [2.24, 2.45) is 0 Å². The average Bonchev–Trinajstić information content (AvgIpc) is 2.80. The molecule has 0 bridgehead atoms. The third-order valence-corrected chi connectivity index (χ3v) is 4.58. The SMILES string of the molecule is CCCCCCCCCCn1c(=S)[nH]c2c(C)cccc21. The highest BCUT2D eigenvalue weighted by atomic mass is 32.1. The molecule has 0 aliphatic rings. The van der Waals surface area contributed by atoms with Gasteiger partial charge >= 0.3 is 0 Å². The van der Waals surface area contributed by atoms with Gasteiger partial charge in [0, 0.05) is 6.54 Å². The van der Waals surface area contributed by atoms with Crippen LogP contribution in [0.25, 0.3) is 11.0 Å². The number of aromatic nitrogens is 2. The number of hydrogen-bond acceptors (Lipinski definition) is 1. The number of nitrogens with zero attached hydrogens (tertiary/aromatic N) is 1. The van der Waals surface area contributed by atoms with Gasteiger partial charge < -0.3 is 9.55 Å². The van der Waals surface area contributed by atoms with Gasteiger partial charge in [0.05, 0.1) is 11.0 Å². The third-order valence-electron chi connectivity index (χ3n) is 4.25. The smallest absolute Gasteiger partial charge is 0.178 e. The number of nitrogens with one attached hydrogen (secondary N) is 1. The molecule has 0 saturated heterocycles. The number of aromatic amines is 1. The molecule has 116 valence electrons. The van der Waals surface area contributed by atoms with Crippen molar-refractivity contribution in [2.45, 2.75) is 71.8 Å². The second-order valence-electron chi connectivity index (χ2n) is 6.03. The van der Waals surface area contributed by atoms with Crippen molar-refractivity contribution in [3.63, 3.8) is 0 Å². The van der Waals surface area contributed by atoms with Crippen molar-refractivity contribution in [2.75, 3.05) is 0 Å². The van der Waals surface area contributed by atoms with Gasteiger partial charge in [0.2, 0.25) is 0 Å². The molecule has 0 atom stereocenters. The first kappa shape index (κ1) is 16.3. The van der Waals surface area contributed by atoms with Crippen LogP contribution >= 0.6 is 12.2 Å². The first-order valence-electron chi connectivity index (χ1n) is 8.42. The standard InChI is InChI=1S/C18H28N2S/c1-3-4-5-6-7-8-9-10-14-20-16-13-11-12-15(2)17(16)19-18(20)21/h11-13H,3-10,14H2,1-2H3,(H,19,21). The lowest BCUT2D eigenvalue weighted by atomic mass is 10.1. The summed E-state index contributed by atoms with van der Waals surface area (Å²) in [6.45, 7) is 5.44. The molecule has 3 heteroatoms. The van der Waals surface area contributed by atoms with Crippen molar-refractivity contribution in [3.8, 4) is 0 Å². The summed E-state index contributed by atoms with van der Waals surface area (Å²) in [5, 5.41) is 0. The van der Waals surface area contributed by atoms with Crippen LogP contribution in [0.3, 0.4) is 0 Å². The first-order chi connectivity index (χ1) is 10.2. The van der Waals surface area contributed by atoms with E-state index in [1.807, 2.05) is 0 Å². The van der Waals surface area contributed by atoms with Crippen LogP contribution in [0.4, 0.5) is 0 Å². The first-order valence-corrected chi connectivity index (χ1v) is 8.83. The van der Waals surface area contributed by atoms with Crippen LogP contribution in [-0.4, -0.2) is 9.55 Å². The maximum Gasteiger partial charge on any atom is 0.178 e. The molecule has 0 saturated carbocycles. The Bertz CT molecular complexity index is 609. The fraction of sp³-hybridized carbons (Fsp3) is 0.611. The summed E-state index contributed by atoms with van der Waals surface area (Å²) in [7, 11) is 0. The highest BCUT2D eigenvalue weighted by Crippen LogP contribution is 2.19. The molecule has 2 nitrogen and oxygen atoms in total. The van der Waals surface area contributed by atoms with Crippen molar-refractivity contribution < 1.29 is 0 Å². The summed E-state index contributed by atoms with van der Waals surface area (Å²) >= 11 is 5.47. The van der Waals surface area contributed by atoms with Crippen LogP contribution in [0.5, 0.6) is 0 Å². The Morgan fingerprint density at radius 3 is 2.38 bits per heavy atom. The zero-order valence-corrected chi connectivity index (χ0v) is 14.3. The lowest BCUT2D eigenvalue weighted by Crippen LogP contribution is -1.98. The average molecular weight is 305 g/mol. The van der Waals surface area contributed by atoms with Gasteiger partial charge in [-0.05, 0) is 37.2 Å². The Hall–Kier alpha value is -1.09. The van der Waals surface area contributed by atoms with E-state index < -0.39 is 0 Å². The maximum absolute atomic E-state index is 5.47. The second kappa shape index (κ2) is 8.38. The molecular weight excluding hydrogens is 276 g/mol. The Labute approximate surface area is 133 Å². The van der Waals surface area contributed by atoms with Crippen LogP contribution in [0.15, 0.2) is 18.2 Å². The van der Waals surface area contributed by atoms with E-state index in [1.54, 1.807) is 0 Å². The summed E-state index contributed by atoms with van der Waals surface area (Å²) in [6.07, 6.45) is 10.8. The number of H-pyrrole nitrogens is 1. The summed E-state index contributed by atoms with van der Waals surface area (Å²) in [5.41, 5.74) is 3.72. The fourth-order valence-corrected chi connectivity index (χ4v) is 3.24. The van der Waals surface area contributed by atoms with Crippen LogP contribution < -0.4 is 0 Å². The summed E-state index contributed by atoms with van der Waals surface area (Å²) in [5.74, 6) is 0. The Balaban J connectivity index is 1.80. The van der Waals surface area contributed by atoms with Gasteiger partial charge in [-0.1, -0.05) is 64.0 Å². The Morgan fingerprint density at radius 2 is 1.67 bits per heavy atom. The van der Waals surface area contributed by atoms with Gasteiger partial charge in [0.1, 0.15) is 0 Å². The number of benzene rings is 1. The molecule has 0 aliphatic carbocycles. The predicted molar refractivity (Wildman–Crippen MR) is 94.5 cm³/mol. The van der Waals surface area contributed by atoms with Crippen LogP contribution in [0.2, 0.25) is 0 Å². The number of fused-ring (bicyclic) bond motifs is 1. The molecule has 0 aliphatic heterocycles. The molecule has 2 rings (SSSR count). The van der Waals surface area contributed by atoms with Crippen LogP contribution in [0.1, 0.15) is 63.9 Å². The minimum atomic E-state index is 0.863. The van der Waals surface area contributed by atoms with Crippen molar-refractivity contribution in [1.82, 2.24) is 9.55 Å². The van der Waals surface area contributed by atoms with E-state index in [2.05, 4.69) is 41.6 Å². The largest absolute Gasteiger partial charge is 0.330 e. The lowest BCUT2D eigenvalue weighted by Gasteiger charge is -2.05. The fourth-order valence-electron chi connectivity index (χ4n) is 2.95. The zero-order valence-electron chi connectivity index (χ0n) is 13.5. The van der Waals surface area contributed by atoms with Gasteiger partial charge in [0.25, 0.3) is 0 Å². The van der Waals surface area contributed by atoms with Crippen molar-refractivity contribution >= 4 is 23.3 Å². The normalized spacial score (nSPS) is 11.3. The van der Waals surface area contributed by atoms with E-state index in [9.17, 15) is 0 Å². The highest BCUT2D eigenvalue weighted by Gasteiger charge is 2.05. The van der Waals surface area contributed by atoms with E-state index in [-0.39, 0.29) is 0 Å². The quantitative estimate of drug-likeness (QED) is 0.435. The van der Waals surface area contributed by atoms with E-state index in [0.717, 1.165) is 11.3 Å².